The molecule has 3 rings (SSSR count). The molecule has 2 amide bonds. The van der Waals surface area contributed by atoms with E-state index in [2.05, 4.69) is 21.2 Å². The van der Waals surface area contributed by atoms with Crippen LogP contribution < -0.4 is 15.0 Å². The van der Waals surface area contributed by atoms with E-state index in [1.165, 1.54) is 23.1 Å². The Morgan fingerprint density at radius 2 is 2.03 bits per heavy atom. The Morgan fingerprint density at radius 3 is 2.69 bits per heavy atom. The van der Waals surface area contributed by atoms with Crippen molar-refractivity contribution in [2.24, 2.45) is 0 Å². The van der Waals surface area contributed by atoms with Crippen LogP contribution in [0.15, 0.2) is 52.5 Å². The van der Waals surface area contributed by atoms with Gasteiger partial charge in [0.05, 0.1) is 10.7 Å². The van der Waals surface area contributed by atoms with Crippen LogP contribution in [0.3, 0.4) is 0 Å². The molecule has 148 valence electrons. The van der Waals surface area contributed by atoms with Crippen LogP contribution in [-0.4, -0.2) is 34.6 Å². The number of carboxylic acids is 1. The van der Waals surface area contributed by atoms with Gasteiger partial charge in [-0.3, -0.25) is 19.8 Å². The zero-order valence-electron chi connectivity index (χ0n) is 14.5. The summed E-state index contributed by atoms with van der Waals surface area (Å²) in [5.74, 6) is -2.18. The number of hydrogen-bond donors (Lipinski definition) is 2. The maximum absolute atomic E-state index is 13.0. The first-order valence-electron chi connectivity index (χ1n) is 8.07. The average molecular weight is 496 g/mol. The van der Waals surface area contributed by atoms with Gasteiger partial charge in [0.1, 0.15) is 11.3 Å². The summed E-state index contributed by atoms with van der Waals surface area (Å²) < 4.78 is 5.80. The van der Waals surface area contributed by atoms with Crippen molar-refractivity contribution in [1.29, 1.82) is 0 Å². The van der Waals surface area contributed by atoms with Crippen LogP contribution in [0.1, 0.15) is 5.56 Å². The summed E-state index contributed by atoms with van der Waals surface area (Å²) in [6.07, 6.45) is 1.37. The molecule has 2 N–H and O–H groups in total. The van der Waals surface area contributed by atoms with E-state index in [1.54, 1.807) is 30.3 Å². The standard InChI is InChI=1S/C19H12BrClN2O5S/c20-11-2-1-3-12(8-11)23-18(27)13(17(26)22-19(23)29)6-10-4-5-15(14(21)7-10)28-9-16(24)25/h1-8H,9H2,(H,24,25)(H,22,26,29)/b13-6+. The van der Waals surface area contributed by atoms with E-state index < -0.39 is 24.4 Å². The second kappa shape index (κ2) is 8.73. The maximum Gasteiger partial charge on any atom is 0.341 e. The Bertz CT molecular complexity index is 1070. The lowest BCUT2D eigenvalue weighted by atomic mass is 10.1. The molecule has 1 aliphatic heterocycles. The second-order valence-electron chi connectivity index (χ2n) is 5.81. The highest BCUT2D eigenvalue weighted by Crippen LogP contribution is 2.28. The first-order chi connectivity index (χ1) is 13.8. The lowest BCUT2D eigenvalue weighted by molar-refractivity contribution is -0.139. The van der Waals surface area contributed by atoms with Gasteiger partial charge in [-0.1, -0.05) is 39.7 Å². The number of amides is 2. The zero-order chi connectivity index (χ0) is 21.1. The molecule has 0 aliphatic carbocycles. The SMILES string of the molecule is O=C(O)COc1ccc(/C=C2\C(=O)NC(=S)N(c3cccc(Br)c3)C2=O)cc1Cl. The Kier molecular flexibility index (Phi) is 6.31. The van der Waals surface area contributed by atoms with E-state index in [1.807, 2.05) is 0 Å². The molecule has 0 saturated carbocycles. The molecule has 2 aromatic rings. The molecule has 0 unspecified atom stereocenters. The minimum absolute atomic E-state index is 0.0225. The van der Waals surface area contributed by atoms with E-state index in [0.717, 1.165) is 4.47 Å². The molecule has 0 spiro atoms. The number of carboxylic acid groups (broad SMARTS) is 1. The predicted octanol–water partition coefficient (Wildman–Crippen LogP) is 3.40. The van der Waals surface area contributed by atoms with Crippen molar-refractivity contribution in [2.75, 3.05) is 11.5 Å². The van der Waals surface area contributed by atoms with E-state index in [-0.39, 0.29) is 21.5 Å². The van der Waals surface area contributed by atoms with Crippen molar-refractivity contribution in [3.8, 4) is 5.75 Å². The van der Waals surface area contributed by atoms with Gasteiger partial charge in [-0.05, 0) is 54.2 Å². The topological polar surface area (TPSA) is 95.9 Å². The van der Waals surface area contributed by atoms with Gasteiger partial charge in [0.2, 0.25) is 0 Å². The summed E-state index contributed by atoms with van der Waals surface area (Å²) in [6, 6.07) is 11.4. The minimum atomic E-state index is -1.14. The van der Waals surface area contributed by atoms with Crippen LogP contribution in [0.25, 0.3) is 6.08 Å². The number of nitrogens with one attached hydrogen (secondary N) is 1. The third-order valence-corrected chi connectivity index (χ3v) is 4.86. The number of halogens is 2. The molecule has 10 heteroatoms. The van der Waals surface area contributed by atoms with Gasteiger partial charge in [0, 0.05) is 4.47 Å². The lowest BCUT2D eigenvalue weighted by Crippen LogP contribution is -2.54. The minimum Gasteiger partial charge on any atom is -0.480 e. The number of thiocarbonyl (C=S) groups is 1. The summed E-state index contributed by atoms with van der Waals surface area (Å²) in [4.78, 5) is 37.1. The van der Waals surface area contributed by atoms with Crippen molar-refractivity contribution in [2.45, 2.75) is 0 Å². The highest BCUT2D eigenvalue weighted by Gasteiger charge is 2.34. The number of carbonyl (C=O) groups is 3. The van der Waals surface area contributed by atoms with Crippen LogP contribution in [0, 0.1) is 0 Å². The number of anilines is 1. The predicted molar refractivity (Wildman–Crippen MR) is 115 cm³/mol. The summed E-state index contributed by atoms with van der Waals surface area (Å²) in [7, 11) is 0. The Balaban J connectivity index is 1.92. The van der Waals surface area contributed by atoms with Crippen LogP contribution in [0.2, 0.25) is 5.02 Å². The van der Waals surface area contributed by atoms with Crippen LogP contribution >= 0.6 is 39.7 Å². The van der Waals surface area contributed by atoms with Gasteiger partial charge < -0.3 is 9.84 Å². The molecule has 0 radical (unpaired) electrons. The molecule has 1 heterocycles. The van der Waals surface area contributed by atoms with Crippen LogP contribution in [0.4, 0.5) is 5.69 Å². The number of benzene rings is 2. The number of hydrogen-bond acceptors (Lipinski definition) is 5. The quantitative estimate of drug-likeness (QED) is 0.375. The van der Waals surface area contributed by atoms with Gasteiger partial charge in [0.15, 0.2) is 11.7 Å². The first-order valence-corrected chi connectivity index (χ1v) is 9.65. The summed E-state index contributed by atoms with van der Waals surface area (Å²) in [6.45, 7) is -0.542. The van der Waals surface area contributed by atoms with Crippen molar-refractivity contribution in [3.63, 3.8) is 0 Å². The Morgan fingerprint density at radius 1 is 1.28 bits per heavy atom. The fraction of sp³-hybridized carbons (Fsp3) is 0.0526. The number of nitrogens with zero attached hydrogens (tertiary/aromatic N) is 1. The molecule has 29 heavy (non-hydrogen) atoms. The smallest absolute Gasteiger partial charge is 0.341 e. The third kappa shape index (κ3) is 4.81. The van der Waals surface area contributed by atoms with Crippen molar-refractivity contribution in [3.05, 3.63) is 63.1 Å². The van der Waals surface area contributed by atoms with Crippen molar-refractivity contribution in [1.82, 2.24) is 5.32 Å². The van der Waals surface area contributed by atoms with Crippen molar-refractivity contribution < 1.29 is 24.2 Å². The second-order valence-corrected chi connectivity index (χ2v) is 7.52. The molecular formula is C19H12BrClN2O5S. The average Bonchev–Trinajstić information content (AvgIpc) is 2.64. The molecule has 0 atom stereocenters. The Labute approximate surface area is 184 Å². The van der Waals surface area contributed by atoms with Gasteiger partial charge in [0.25, 0.3) is 11.8 Å². The van der Waals surface area contributed by atoms with E-state index >= 15 is 0 Å². The van der Waals surface area contributed by atoms with Gasteiger partial charge in [-0.25, -0.2) is 4.79 Å². The van der Waals surface area contributed by atoms with Crippen LogP contribution in [-0.2, 0) is 14.4 Å². The maximum atomic E-state index is 13.0. The largest absolute Gasteiger partial charge is 0.480 e. The van der Waals surface area contributed by atoms with E-state index in [0.29, 0.717) is 11.3 Å². The normalized spacial score (nSPS) is 15.4. The molecular weight excluding hydrogens is 484 g/mol. The number of aliphatic carboxylic acids is 1. The van der Waals surface area contributed by atoms with Gasteiger partial charge in [-0.2, -0.15) is 0 Å². The summed E-state index contributed by atoms with van der Waals surface area (Å²) in [5.41, 5.74) is 0.822. The zero-order valence-corrected chi connectivity index (χ0v) is 17.7. The monoisotopic (exact) mass is 494 g/mol. The van der Waals surface area contributed by atoms with Crippen molar-refractivity contribution >= 4 is 74.4 Å². The molecule has 7 nitrogen and oxygen atoms in total. The highest BCUT2D eigenvalue weighted by atomic mass is 79.9. The van der Waals surface area contributed by atoms with E-state index in [9.17, 15) is 14.4 Å². The first kappa shape index (κ1) is 21.0. The number of carbonyl (C=O) groups excluding carboxylic acids is 2. The molecule has 1 aliphatic rings. The molecule has 0 aromatic heterocycles. The summed E-state index contributed by atoms with van der Waals surface area (Å²) >= 11 is 14.6. The van der Waals surface area contributed by atoms with Gasteiger partial charge >= 0.3 is 5.97 Å². The number of rotatable bonds is 5. The molecule has 2 aromatic carbocycles. The third-order valence-electron chi connectivity index (χ3n) is 3.79. The molecule has 1 saturated heterocycles. The van der Waals surface area contributed by atoms with E-state index in [4.69, 9.17) is 33.7 Å². The summed E-state index contributed by atoms with van der Waals surface area (Å²) in [5, 5.41) is 11.3. The molecule has 1 fully saturated rings. The fourth-order valence-electron chi connectivity index (χ4n) is 2.54. The van der Waals surface area contributed by atoms with Crippen LogP contribution in [0.5, 0.6) is 5.75 Å². The number of ether oxygens (including phenoxy) is 1. The molecule has 0 bridgehead atoms. The Hall–Kier alpha value is -2.75. The highest BCUT2D eigenvalue weighted by molar-refractivity contribution is 9.10. The fourth-order valence-corrected chi connectivity index (χ4v) is 3.45. The lowest BCUT2D eigenvalue weighted by Gasteiger charge is -2.29. The van der Waals surface area contributed by atoms with Gasteiger partial charge in [-0.15, -0.1) is 0 Å².